The molecule has 2 unspecified atom stereocenters. The van der Waals surface area contributed by atoms with Gasteiger partial charge in [0.15, 0.2) is 0 Å². The molecule has 1 fully saturated rings. The minimum absolute atomic E-state index is 0.273. The van der Waals surface area contributed by atoms with Gasteiger partial charge in [0.2, 0.25) is 0 Å². The second kappa shape index (κ2) is 1.49. The van der Waals surface area contributed by atoms with Crippen molar-refractivity contribution in [2.45, 2.75) is 18.6 Å². The van der Waals surface area contributed by atoms with Gasteiger partial charge in [0.1, 0.15) is 12.2 Å². The standard InChI is InChI=1S/C6H8O2/c1-3-7-6-2-4-8-5(1)6/h1,3,5-6H,2,4H2. The van der Waals surface area contributed by atoms with Crippen molar-refractivity contribution >= 4 is 0 Å². The minimum Gasteiger partial charge on any atom is -0.495 e. The van der Waals surface area contributed by atoms with Crippen molar-refractivity contribution in [2.75, 3.05) is 6.61 Å². The van der Waals surface area contributed by atoms with Crippen molar-refractivity contribution in [1.82, 2.24) is 0 Å². The van der Waals surface area contributed by atoms with Gasteiger partial charge in [-0.05, 0) is 6.08 Å². The number of hydrogen-bond donors (Lipinski definition) is 0. The highest BCUT2D eigenvalue weighted by Crippen LogP contribution is 2.22. The zero-order valence-electron chi connectivity index (χ0n) is 4.54. The van der Waals surface area contributed by atoms with Gasteiger partial charge < -0.3 is 9.47 Å². The Labute approximate surface area is 48.1 Å². The summed E-state index contributed by atoms with van der Waals surface area (Å²) in [5.74, 6) is 0. The van der Waals surface area contributed by atoms with Crippen LogP contribution in [0.2, 0.25) is 0 Å². The molecule has 1 saturated heterocycles. The number of rotatable bonds is 0. The van der Waals surface area contributed by atoms with Crippen LogP contribution in [0.4, 0.5) is 0 Å². The molecule has 0 amide bonds. The zero-order chi connectivity index (χ0) is 5.40. The molecule has 2 atom stereocenters. The van der Waals surface area contributed by atoms with Gasteiger partial charge in [-0.2, -0.15) is 0 Å². The average Bonchev–Trinajstić information content (AvgIpc) is 2.15. The van der Waals surface area contributed by atoms with Gasteiger partial charge >= 0.3 is 0 Å². The minimum atomic E-state index is 0.273. The fourth-order valence-electron chi connectivity index (χ4n) is 1.14. The number of ether oxygens (including phenoxy) is 2. The smallest absolute Gasteiger partial charge is 0.130 e. The molecule has 0 radical (unpaired) electrons. The van der Waals surface area contributed by atoms with Crippen LogP contribution >= 0.6 is 0 Å². The lowest BCUT2D eigenvalue weighted by molar-refractivity contribution is 0.0902. The first-order valence-corrected chi connectivity index (χ1v) is 2.90. The van der Waals surface area contributed by atoms with E-state index in [1.54, 1.807) is 6.26 Å². The molecule has 8 heavy (non-hydrogen) atoms. The van der Waals surface area contributed by atoms with Crippen LogP contribution < -0.4 is 0 Å². The van der Waals surface area contributed by atoms with E-state index in [1.807, 2.05) is 6.08 Å². The van der Waals surface area contributed by atoms with Gasteiger partial charge in [-0.15, -0.1) is 0 Å². The molecule has 2 heteroatoms. The van der Waals surface area contributed by atoms with Crippen molar-refractivity contribution in [3.05, 3.63) is 12.3 Å². The van der Waals surface area contributed by atoms with E-state index >= 15 is 0 Å². The first-order chi connectivity index (χ1) is 3.97. The molecule has 44 valence electrons. The van der Waals surface area contributed by atoms with Crippen LogP contribution in [0.1, 0.15) is 6.42 Å². The highest BCUT2D eigenvalue weighted by atomic mass is 16.6. The molecule has 2 aliphatic heterocycles. The van der Waals surface area contributed by atoms with E-state index in [1.165, 1.54) is 0 Å². The van der Waals surface area contributed by atoms with Crippen LogP contribution in [0.15, 0.2) is 12.3 Å². The molecular formula is C6H8O2. The Hall–Kier alpha value is -0.500. The van der Waals surface area contributed by atoms with E-state index in [-0.39, 0.29) is 6.10 Å². The van der Waals surface area contributed by atoms with E-state index in [4.69, 9.17) is 9.47 Å². The SMILES string of the molecule is C1=CC2OCCC2O1. The van der Waals surface area contributed by atoms with Gasteiger partial charge in [-0.1, -0.05) is 0 Å². The molecule has 0 saturated carbocycles. The van der Waals surface area contributed by atoms with E-state index in [9.17, 15) is 0 Å². The third-order valence-corrected chi connectivity index (χ3v) is 1.60. The second-order valence-electron chi connectivity index (χ2n) is 2.13. The molecule has 0 spiro atoms. The highest BCUT2D eigenvalue weighted by molar-refractivity contribution is 4.99. The summed E-state index contributed by atoms with van der Waals surface area (Å²) < 4.78 is 10.4. The number of hydrogen-bond acceptors (Lipinski definition) is 2. The van der Waals surface area contributed by atoms with E-state index in [0.717, 1.165) is 13.0 Å². The molecule has 0 bridgehead atoms. The lowest BCUT2D eigenvalue weighted by Gasteiger charge is -2.04. The highest BCUT2D eigenvalue weighted by Gasteiger charge is 2.30. The van der Waals surface area contributed by atoms with Crippen molar-refractivity contribution in [1.29, 1.82) is 0 Å². The summed E-state index contributed by atoms with van der Waals surface area (Å²) in [4.78, 5) is 0. The predicted octanol–water partition coefficient (Wildman–Crippen LogP) is 0.688. The van der Waals surface area contributed by atoms with Gasteiger partial charge in [0.25, 0.3) is 0 Å². The van der Waals surface area contributed by atoms with E-state index in [2.05, 4.69) is 0 Å². The molecule has 0 aromatic rings. The Morgan fingerprint density at radius 2 is 2.50 bits per heavy atom. The first-order valence-electron chi connectivity index (χ1n) is 2.90. The van der Waals surface area contributed by atoms with Crippen LogP contribution in [0.25, 0.3) is 0 Å². The van der Waals surface area contributed by atoms with Crippen LogP contribution in [0.5, 0.6) is 0 Å². The summed E-state index contributed by atoms with van der Waals surface area (Å²) >= 11 is 0. The molecule has 0 aromatic carbocycles. The summed E-state index contributed by atoms with van der Waals surface area (Å²) in [6.07, 6.45) is 5.37. The maximum absolute atomic E-state index is 5.27. The first kappa shape index (κ1) is 4.39. The summed E-state index contributed by atoms with van der Waals surface area (Å²) in [5, 5.41) is 0. The van der Waals surface area contributed by atoms with Crippen LogP contribution in [-0.2, 0) is 9.47 Å². The molecule has 2 rings (SSSR count). The Morgan fingerprint density at radius 1 is 1.50 bits per heavy atom. The van der Waals surface area contributed by atoms with Crippen LogP contribution in [0.3, 0.4) is 0 Å². The Morgan fingerprint density at radius 3 is 3.38 bits per heavy atom. The van der Waals surface area contributed by atoms with E-state index < -0.39 is 0 Å². The molecule has 2 heterocycles. The lowest BCUT2D eigenvalue weighted by Crippen LogP contribution is -2.14. The number of fused-ring (bicyclic) bond motifs is 1. The summed E-state index contributed by atoms with van der Waals surface area (Å²) in [6, 6.07) is 0. The van der Waals surface area contributed by atoms with Crippen LogP contribution in [0, 0.1) is 0 Å². The van der Waals surface area contributed by atoms with Crippen molar-refractivity contribution in [2.24, 2.45) is 0 Å². The molecule has 0 N–H and O–H groups in total. The monoisotopic (exact) mass is 112 g/mol. The second-order valence-corrected chi connectivity index (χ2v) is 2.13. The Kier molecular flexibility index (Phi) is 0.815. The molecule has 2 nitrogen and oxygen atoms in total. The molecule has 2 aliphatic rings. The van der Waals surface area contributed by atoms with Crippen molar-refractivity contribution in [3.63, 3.8) is 0 Å². The largest absolute Gasteiger partial charge is 0.495 e. The lowest BCUT2D eigenvalue weighted by atomic mass is 10.2. The maximum Gasteiger partial charge on any atom is 0.130 e. The fourth-order valence-corrected chi connectivity index (χ4v) is 1.14. The third-order valence-electron chi connectivity index (χ3n) is 1.60. The Bertz CT molecular complexity index is 120. The summed E-state index contributed by atoms with van der Waals surface area (Å²) in [7, 11) is 0. The topological polar surface area (TPSA) is 18.5 Å². The van der Waals surface area contributed by atoms with Crippen molar-refractivity contribution in [3.8, 4) is 0 Å². The summed E-state index contributed by atoms with van der Waals surface area (Å²) in [5.41, 5.74) is 0. The van der Waals surface area contributed by atoms with Crippen LogP contribution in [-0.4, -0.2) is 18.8 Å². The maximum atomic E-state index is 5.27. The quantitative estimate of drug-likeness (QED) is 0.459. The van der Waals surface area contributed by atoms with Gasteiger partial charge in [-0.3, -0.25) is 0 Å². The van der Waals surface area contributed by atoms with E-state index in [0.29, 0.717) is 6.10 Å². The van der Waals surface area contributed by atoms with Crippen molar-refractivity contribution < 1.29 is 9.47 Å². The normalized spacial score (nSPS) is 42.0. The molecule has 0 aliphatic carbocycles. The summed E-state index contributed by atoms with van der Waals surface area (Å²) in [6.45, 7) is 0.861. The zero-order valence-corrected chi connectivity index (χ0v) is 4.54. The average molecular weight is 112 g/mol. The Balaban J connectivity index is 2.13. The fraction of sp³-hybridized carbons (Fsp3) is 0.667. The van der Waals surface area contributed by atoms with Gasteiger partial charge in [-0.25, -0.2) is 0 Å². The predicted molar refractivity (Wildman–Crippen MR) is 28.4 cm³/mol. The molecule has 0 aromatic heterocycles. The van der Waals surface area contributed by atoms with Gasteiger partial charge in [0, 0.05) is 6.42 Å². The third kappa shape index (κ3) is 0.464. The van der Waals surface area contributed by atoms with Gasteiger partial charge in [0.05, 0.1) is 12.9 Å². The molecular weight excluding hydrogens is 104 g/mol.